The fraction of sp³-hybridized carbons (Fsp3) is 0.417. The van der Waals surface area contributed by atoms with Gasteiger partial charge in [-0.15, -0.1) is 0 Å². The zero-order valence-corrected chi connectivity index (χ0v) is 11.0. The van der Waals surface area contributed by atoms with Gasteiger partial charge in [-0.05, 0) is 18.1 Å². The van der Waals surface area contributed by atoms with Crippen LogP contribution in [0.2, 0.25) is 0 Å². The fourth-order valence-corrected chi connectivity index (χ4v) is 2.50. The molecule has 0 unspecified atom stereocenters. The van der Waals surface area contributed by atoms with Crippen LogP contribution in [0.5, 0.6) is 0 Å². The third-order valence-electron chi connectivity index (χ3n) is 2.38. The lowest BCUT2D eigenvalue weighted by molar-refractivity contribution is -0.120. The number of carbonyl (C=O) groups excluding carboxylic acids is 1. The first-order chi connectivity index (χ1) is 8.45. The van der Waals surface area contributed by atoms with Gasteiger partial charge in [-0.1, -0.05) is 18.2 Å². The van der Waals surface area contributed by atoms with Crippen molar-refractivity contribution in [2.45, 2.75) is 17.7 Å². The van der Waals surface area contributed by atoms with Crippen LogP contribution in [0.3, 0.4) is 0 Å². The van der Waals surface area contributed by atoms with Crippen LogP contribution in [0.25, 0.3) is 0 Å². The number of hydrogen-bond donors (Lipinski definition) is 2. The topological polar surface area (TPSA) is 83.5 Å². The van der Waals surface area contributed by atoms with E-state index in [1.54, 1.807) is 18.2 Å². The van der Waals surface area contributed by atoms with Crippen molar-refractivity contribution in [3.63, 3.8) is 0 Å². The summed E-state index contributed by atoms with van der Waals surface area (Å²) < 4.78 is 23.1. The molecule has 1 rings (SSSR count). The Bertz CT molecular complexity index is 511. The van der Waals surface area contributed by atoms with Crippen LogP contribution in [0, 0.1) is 0 Å². The molecule has 0 spiro atoms. The summed E-state index contributed by atoms with van der Waals surface area (Å²) in [6.07, 6.45) is 1.63. The highest BCUT2D eigenvalue weighted by molar-refractivity contribution is 7.90. The summed E-state index contributed by atoms with van der Waals surface area (Å²) in [5.74, 6) is -0.250. The van der Waals surface area contributed by atoms with Crippen molar-refractivity contribution in [1.82, 2.24) is 5.32 Å². The minimum Gasteiger partial charge on any atom is -0.396 e. The van der Waals surface area contributed by atoms with Crippen molar-refractivity contribution < 1.29 is 18.3 Å². The Labute approximate surface area is 107 Å². The fourth-order valence-electron chi connectivity index (χ4n) is 1.55. The predicted octanol–water partition coefficient (Wildman–Crippen LogP) is 0.131. The molecule has 0 atom stereocenters. The maximum absolute atomic E-state index is 11.6. The van der Waals surface area contributed by atoms with Gasteiger partial charge in [0.15, 0.2) is 9.84 Å². The van der Waals surface area contributed by atoms with Crippen LogP contribution in [0.15, 0.2) is 29.2 Å². The molecule has 0 aromatic heterocycles. The lowest BCUT2D eigenvalue weighted by Gasteiger charge is -2.08. The highest BCUT2D eigenvalue weighted by atomic mass is 32.2. The van der Waals surface area contributed by atoms with E-state index in [0.29, 0.717) is 18.5 Å². The van der Waals surface area contributed by atoms with Crippen molar-refractivity contribution in [2.24, 2.45) is 0 Å². The monoisotopic (exact) mass is 271 g/mol. The number of hydrogen-bond acceptors (Lipinski definition) is 4. The van der Waals surface area contributed by atoms with Crippen LogP contribution in [-0.4, -0.2) is 38.8 Å². The van der Waals surface area contributed by atoms with Gasteiger partial charge < -0.3 is 10.4 Å². The number of aliphatic hydroxyl groups excluding tert-OH is 1. The molecule has 0 saturated heterocycles. The van der Waals surface area contributed by atoms with E-state index < -0.39 is 9.84 Å². The molecule has 0 fully saturated rings. The van der Waals surface area contributed by atoms with Crippen LogP contribution < -0.4 is 5.32 Å². The molecular weight excluding hydrogens is 254 g/mol. The van der Waals surface area contributed by atoms with Crippen LogP contribution in [0.1, 0.15) is 12.0 Å². The average molecular weight is 271 g/mol. The number of amides is 1. The lowest BCUT2D eigenvalue weighted by Crippen LogP contribution is -2.27. The highest BCUT2D eigenvalue weighted by Crippen LogP contribution is 2.15. The van der Waals surface area contributed by atoms with Gasteiger partial charge in [0.2, 0.25) is 5.91 Å². The number of sulfone groups is 1. The Kier molecular flexibility index (Phi) is 5.30. The molecule has 1 amide bonds. The third kappa shape index (κ3) is 4.46. The summed E-state index contributed by atoms with van der Waals surface area (Å²) in [5.41, 5.74) is 0.487. The molecule has 2 N–H and O–H groups in total. The van der Waals surface area contributed by atoms with Gasteiger partial charge in [0, 0.05) is 19.4 Å². The molecule has 100 valence electrons. The minimum absolute atomic E-state index is 0.0141. The molecule has 1 aromatic rings. The first-order valence-electron chi connectivity index (χ1n) is 5.60. The highest BCUT2D eigenvalue weighted by Gasteiger charge is 2.14. The molecule has 18 heavy (non-hydrogen) atoms. The zero-order valence-electron chi connectivity index (χ0n) is 10.2. The Morgan fingerprint density at radius 1 is 1.33 bits per heavy atom. The summed E-state index contributed by atoms with van der Waals surface area (Å²) in [6, 6.07) is 6.45. The summed E-state index contributed by atoms with van der Waals surface area (Å²) in [6.45, 7) is 0.399. The van der Waals surface area contributed by atoms with Gasteiger partial charge in [0.05, 0.1) is 11.3 Å². The van der Waals surface area contributed by atoms with Gasteiger partial charge in [-0.3, -0.25) is 4.79 Å². The Morgan fingerprint density at radius 3 is 2.61 bits per heavy atom. The van der Waals surface area contributed by atoms with E-state index in [9.17, 15) is 13.2 Å². The van der Waals surface area contributed by atoms with Crippen molar-refractivity contribution in [3.05, 3.63) is 29.8 Å². The maximum Gasteiger partial charge on any atom is 0.224 e. The van der Waals surface area contributed by atoms with E-state index in [-0.39, 0.29) is 23.8 Å². The summed E-state index contributed by atoms with van der Waals surface area (Å²) in [5, 5.41) is 11.2. The maximum atomic E-state index is 11.6. The van der Waals surface area contributed by atoms with Crippen molar-refractivity contribution in [3.8, 4) is 0 Å². The molecule has 0 radical (unpaired) electrons. The van der Waals surface area contributed by atoms with Crippen LogP contribution >= 0.6 is 0 Å². The second-order valence-electron chi connectivity index (χ2n) is 3.98. The summed E-state index contributed by atoms with van der Waals surface area (Å²) in [7, 11) is -3.32. The second kappa shape index (κ2) is 6.51. The number of carbonyl (C=O) groups is 1. The van der Waals surface area contributed by atoms with Crippen LogP contribution in [0.4, 0.5) is 0 Å². The molecule has 0 aliphatic heterocycles. The summed E-state index contributed by atoms with van der Waals surface area (Å²) >= 11 is 0. The van der Waals surface area contributed by atoms with Gasteiger partial charge in [0.25, 0.3) is 0 Å². The van der Waals surface area contributed by atoms with E-state index in [2.05, 4.69) is 5.32 Å². The zero-order chi connectivity index (χ0) is 13.6. The molecule has 1 aromatic carbocycles. The molecule has 0 bridgehead atoms. The summed E-state index contributed by atoms with van der Waals surface area (Å²) in [4.78, 5) is 11.8. The van der Waals surface area contributed by atoms with E-state index in [4.69, 9.17) is 5.11 Å². The second-order valence-corrected chi connectivity index (χ2v) is 5.97. The number of rotatable bonds is 6. The molecule has 0 aliphatic carbocycles. The molecule has 6 heteroatoms. The molecule has 0 saturated carbocycles. The number of benzene rings is 1. The van der Waals surface area contributed by atoms with E-state index in [1.807, 2.05) is 0 Å². The molecule has 0 heterocycles. The van der Waals surface area contributed by atoms with Gasteiger partial charge in [0.1, 0.15) is 0 Å². The van der Waals surface area contributed by atoms with Crippen LogP contribution in [-0.2, 0) is 21.1 Å². The molecule has 5 nitrogen and oxygen atoms in total. The lowest BCUT2D eigenvalue weighted by atomic mass is 10.1. The average Bonchev–Trinajstić information content (AvgIpc) is 2.28. The third-order valence-corrected chi connectivity index (χ3v) is 3.58. The molecular formula is C12H17NO4S. The van der Waals surface area contributed by atoms with E-state index in [0.717, 1.165) is 6.26 Å². The van der Waals surface area contributed by atoms with Gasteiger partial charge in [-0.2, -0.15) is 0 Å². The predicted molar refractivity (Wildman–Crippen MR) is 68.0 cm³/mol. The number of nitrogens with one attached hydrogen (secondary N) is 1. The Balaban J connectivity index is 2.76. The van der Waals surface area contributed by atoms with Crippen molar-refractivity contribution in [1.29, 1.82) is 0 Å². The van der Waals surface area contributed by atoms with Crippen molar-refractivity contribution >= 4 is 15.7 Å². The van der Waals surface area contributed by atoms with Gasteiger partial charge in [-0.25, -0.2) is 8.42 Å². The minimum atomic E-state index is -3.32. The standard InChI is InChI=1S/C12H17NO4S/c1-18(16,17)11-6-3-2-5-10(11)9-12(15)13-7-4-8-14/h2-3,5-6,14H,4,7-9H2,1H3,(H,13,15). The SMILES string of the molecule is CS(=O)(=O)c1ccccc1CC(=O)NCCCO. The number of aliphatic hydroxyl groups is 1. The smallest absolute Gasteiger partial charge is 0.224 e. The van der Waals surface area contributed by atoms with Crippen molar-refractivity contribution in [2.75, 3.05) is 19.4 Å². The Hall–Kier alpha value is -1.40. The van der Waals surface area contributed by atoms with Gasteiger partial charge >= 0.3 is 0 Å². The van der Waals surface area contributed by atoms with E-state index in [1.165, 1.54) is 6.07 Å². The largest absolute Gasteiger partial charge is 0.396 e. The normalized spacial score (nSPS) is 11.2. The van der Waals surface area contributed by atoms with E-state index >= 15 is 0 Å². The molecule has 0 aliphatic rings. The first-order valence-corrected chi connectivity index (χ1v) is 7.50. The first kappa shape index (κ1) is 14.7. The quantitative estimate of drug-likeness (QED) is 0.720. The Morgan fingerprint density at radius 2 is 2.00 bits per heavy atom.